The molecule has 0 bridgehead atoms. The van der Waals surface area contributed by atoms with Gasteiger partial charge in [0.05, 0.1) is 0 Å². The fraction of sp³-hybridized carbons (Fsp3) is 0.588. The normalized spacial score (nSPS) is 12.0. The van der Waals surface area contributed by atoms with E-state index in [9.17, 15) is 4.79 Å². The van der Waals surface area contributed by atoms with Gasteiger partial charge in [-0.25, -0.2) is 0 Å². The summed E-state index contributed by atoms with van der Waals surface area (Å²) in [6, 6.07) is 6.47. The highest BCUT2D eigenvalue weighted by molar-refractivity contribution is 5.92. The second-order valence-electron chi connectivity index (χ2n) is 5.42. The number of hydrogen-bond donors (Lipinski definition) is 2. The lowest BCUT2D eigenvalue weighted by Crippen LogP contribution is -2.17. The van der Waals surface area contributed by atoms with Crippen LogP contribution in [0.1, 0.15) is 58.4 Å². The maximum atomic E-state index is 11.5. The zero-order valence-electron chi connectivity index (χ0n) is 13.3. The first-order chi connectivity index (χ1) is 9.58. The van der Waals surface area contributed by atoms with Crippen LogP contribution in [-0.2, 0) is 4.79 Å². The van der Waals surface area contributed by atoms with Crippen LogP contribution < -0.4 is 10.6 Å². The molecule has 2 N–H and O–H groups in total. The highest BCUT2D eigenvalue weighted by Crippen LogP contribution is 2.24. The summed E-state index contributed by atoms with van der Waals surface area (Å²) in [6.07, 6.45) is 5.49. The van der Waals surface area contributed by atoms with Crippen molar-refractivity contribution in [3.05, 3.63) is 23.8 Å². The highest BCUT2D eigenvalue weighted by Gasteiger charge is 2.08. The Labute approximate surface area is 123 Å². The smallest absolute Gasteiger partial charge is 0.224 e. The molecule has 0 heterocycles. The Balaban J connectivity index is 2.66. The molecule has 0 aliphatic heterocycles. The lowest BCUT2D eigenvalue weighted by molar-refractivity contribution is -0.115. The fourth-order valence-corrected chi connectivity index (χ4v) is 2.20. The number of rotatable bonds is 8. The number of anilines is 2. The molecule has 0 fully saturated rings. The van der Waals surface area contributed by atoms with Crippen molar-refractivity contribution < 1.29 is 4.79 Å². The third-order valence-corrected chi connectivity index (χ3v) is 3.57. The molecule has 1 unspecified atom stereocenters. The zero-order valence-corrected chi connectivity index (χ0v) is 13.3. The molecule has 0 aliphatic carbocycles. The molecule has 1 aromatic rings. The average molecular weight is 276 g/mol. The van der Waals surface area contributed by atoms with Crippen LogP contribution in [0.5, 0.6) is 0 Å². The molecular weight excluding hydrogens is 248 g/mol. The van der Waals surface area contributed by atoms with Gasteiger partial charge in [-0.1, -0.05) is 39.2 Å². The summed E-state index contributed by atoms with van der Waals surface area (Å²) in [4.78, 5) is 11.5. The molecule has 1 rings (SSSR count). The van der Waals surface area contributed by atoms with Gasteiger partial charge in [0.1, 0.15) is 0 Å². The van der Waals surface area contributed by atoms with E-state index in [0.717, 1.165) is 16.9 Å². The standard InChI is InChI=1S/C17H28N2O/c1-5-7-8-10-13(3)18-15-11-9-12-16(14(15)4)19-17(20)6-2/h9,11-13,18H,5-8,10H2,1-4H3,(H,19,20). The Hall–Kier alpha value is -1.51. The number of hydrogen-bond acceptors (Lipinski definition) is 2. The van der Waals surface area contributed by atoms with Crippen molar-refractivity contribution >= 4 is 17.3 Å². The molecule has 112 valence electrons. The van der Waals surface area contributed by atoms with Crippen LogP contribution >= 0.6 is 0 Å². The maximum absolute atomic E-state index is 11.5. The first-order valence-corrected chi connectivity index (χ1v) is 7.74. The van der Waals surface area contributed by atoms with Gasteiger partial charge < -0.3 is 10.6 Å². The van der Waals surface area contributed by atoms with E-state index in [1.165, 1.54) is 25.7 Å². The summed E-state index contributed by atoms with van der Waals surface area (Å²) in [5.74, 6) is 0.0567. The Morgan fingerprint density at radius 2 is 1.90 bits per heavy atom. The molecular formula is C17H28N2O. The van der Waals surface area contributed by atoms with E-state index in [2.05, 4.69) is 30.5 Å². The van der Waals surface area contributed by atoms with Gasteiger partial charge in [-0.2, -0.15) is 0 Å². The number of benzene rings is 1. The molecule has 1 atom stereocenters. The predicted molar refractivity (Wildman–Crippen MR) is 87.3 cm³/mol. The van der Waals surface area contributed by atoms with Crippen LogP contribution in [0, 0.1) is 6.92 Å². The van der Waals surface area contributed by atoms with E-state index < -0.39 is 0 Å². The Bertz CT molecular complexity index is 429. The van der Waals surface area contributed by atoms with Gasteiger partial charge in [-0.15, -0.1) is 0 Å². The molecule has 3 heteroatoms. The van der Waals surface area contributed by atoms with Crippen molar-refractivity contribution in [1.82, 2.24) is 0 Å². The van der Waals surface area contributed by atoms with E-state index in [-0.39, 0.29) is 5.91 Å². The van der Waals surface area contributed by atoms with Gasteiger partial charge in [0.2, 0.25) is 5.91 Å². The number of amides is 1. The Morgan fingerprint density at radius 1 is 1.20 bits per heavy atom. The van der Waals surface area contributed by atoms with E-state index in [4.69, 9.17) is 0 Å². The molecule has 1 amide bonds. The fourth-order valence-electron chi connectivity index (χ4n) is 2.20. The summed E-state index contributed by atoms with van der Waals surface area (Å²) in [7, 11) is 0. The third kappa shape index (κ3) is 5.24. The first kappa shape index (κ1) is 16.5. The third-order valence-electron chi connectivity index (χ3n) is 3.57. The van der Waals surface area contributed by atoms with E-state index >= 15 is 0 Å². The van der Waals surface area contributed by atoms with Crippen LogP contribution in [0.15, 0.2) is 18.2 Å². The van der Waals surface area contributed by atoms with E-state index in [1.807, 2.05) is 26.0 Å². The van der Waals surface area contributed by atoms with E-state index in [1.54, 1.807) is 0 Å². The minimum atomic E-state index is 0.0567. The summed E-state index contributed by atoms with van der Waals surface area (Å²) in [5.41, 5.74) is 3.13. The van der Waals surface area contributed by atoms with Crippen molar-refractivity contribution in [1.29, 1.82) is 0 Å². The van der Waals surface area contributed by atoms with Gasteiger partial charge in [0.15, 0.2) is 0 Å². The summed E-state index contributed by atoms with van der Waals surface area (Å²) in [5, 5.41) is 6.50. The minimum absolute atomic E-state index is 0.0567. The second kappa shape index (κ2) is 8.62. The van der Waals surface area contributed by atoms with Crippen molar-refractivity contribution in [2.45, 2.75) is 65.8 Å². The van der Waals surface area contributed by atoms with Gasteiger partial charge in [0.25, 0.3) is 0 Å². The number of nitrogens with one attached hydrogen (secondary N) is 2. The second-order valence-corrected chi connectivity index (χ2v) is 5.42. The summed E-state index contributed by atoms with van der Waals surface area (Å²) >= 11 is 0. The van der Waals surface area contributed by atoms with Crippen molar-refractivity contribution in [3.63, 3.8) is 0 Å². The zero-order chi connectivity index (χ0) is 15.0. The van der Waals surface area contributed by atoms with Crippen LogP contribution in [-0.4, -0.2) is 11.9 Å². The van der Waals surface area contributed by atoms with Crippen LogP contribution in [0.25, 0.3) is 0 Å². The number of unbranched alkanes of at least 4 members (excludes halogenated alkanes) is 2. The average Bonchev–Trinajstić information content (AvgIpc) is 2.43. The molecule has 0 saturated carbocycles. The molecule has 0 aliphatic rings. The quantitative estimate of drug-likeness (QED) is 0.674. The SMILES string of the molecule is CCCCCC(C)Nc1cccc(NC(=O)CC)c1C. The highest BCUT2D eigenvalue weighted by atomic mass is 16.1. The van der Waals surface area contributed by atoms with Crippen LogP contribution in [0.2, 0.25) is 0 Å². The van der Waals surface area contributed by atoms with E-state index in [0.29, 0.717) is 12.5 Å². The van der Waals surface area contributed by atoms with Crippen LogP contribution in [0.3, 0.4) is 0 Å². The lowest BCUT2D eigenvalue weighted by atomic mass is 10.1. The molecule has 0 saturated heterocycles. The van der Waals surface area contributed by atoms with Crippen LogP contribution in [0.4, 0.5) is 11.4 Å². The molecule has 3 nitrogen and oxygen atoms in total. The molecule has 0 aromatic heterocycles. The van der Waals surface area contributed by atoms with Gasteiger partial charge >= 0.3 is 0 Å². The Morgan fingerprint density at radius 3 is 2.55 bits per heavy atom. The first-order valence-electron chi connectivity index (χ1n) is 7.74. The molecule has 0 radical (unpaired) electrons. The van der Waals surface area contributed by atoms with Crippen molar-refractivity contribution in [2.75, 3.05) is 10.6 Å². The summed E-state index contributed by atoms with van der Waals surface area (Å²) in [6.45, 7) is 8.35. The van der Waals surface area contributed by atoms with Gasteiger partial charge in [-0.3, -0.25) is 4.79 Å². The largest absolute Gasteiger partial charge is 0.382 e. The monoisotopic (exact) mass is 276 g/mol. The van der Waals surface area contributed by atoms with Gasteiger partial charge in [0, 0.05) is 23.8 Å². The minimum Gasteiger partial charge on any atom is -0.382 e. The van der Waals surface area contributed by atoms with Gasteiger partial charge in [-0.05, 0) is 38.0 Å². The number of carbonyl (C=O) groups is 1. The molecule has 0 spiro atoms. The maximum Gasteiger partial charge on any atom is 0.224 e. The topological polar surface area (TPSA) is 41.1 Å². The number of carbonyl (C=O) groups excluding carboxylic acids is 1. The van der Waals surface area contributed by atoms with Crippen molar-refractivity contribution in [3.8, 4) is 0 Å². The lowest BCUT2D eigenvalue weighted by Gasteiger charge is -2.19. The van der Waals surface area contributed by atoms with Crippen molar-refractivity contribution in [2.24, 2.45) is 0 Å². The molecule has 20 heavy (non-hydrogen) atoms. The molecule has 1 aromatic carbocycles. The predicted octanol–water partition coefficient (Wildman–Crippen LogP) is 4.72. The Kier molecular flexibility index (Phi) is 7.13. The summed E-state index contributed by atoms with van der Waals surface area (Å²) < 4.78 is 0.